The molecule has 2 heteroatoms. The normalized spacial score (nSPS) is 17.5. The first kappa shape index (κ1) is 10.5. The maximum atomic E-state index is 5.99. The molecule has 1 aromatic rings. The van der Waals surface area contributed by atoms with Gasteiger partial charge in [-0.1, -0.05) is 17.7 Å². The van der Waals surface area contributed by atoms with E-state index in [4.69, 9.17) is 10.5 Å². The highest BCUT2D eigenvalue weighted by Gasteiger charge is 2.27. The van der Waals surface area contributed by atoms with Crippen LogP contribution in [0.5, 0.6) is 5.75 Å². The minimum absolute atomic E-state index is 0.343. The van der Waals surface area contributed by atoms with Gasteiger partial charge in [-0.05, 0) is 44.2 Å². The number of rotatable bonds is 5. The molecule has 2 N–H and O–H groups in total. The second-order valence-corrected chi connectivity index (χ2v) is 4.45. The minimum atomic E-state index is 0.343. The Labute approximate surface area is 91.4 Å². The molecule has 0 radical (unpaired) electrons. The van der Waals surface area contributed by atoms with Crippen molar-refractivity contribution < 1.29 is 4.74 Å². The van der Waals surface area contributed by atoms with Crippen molar-refractivity contribution in [3.8, 4) is 5.75 Å². The highest BCUT2D eigenvalue weighted by Crippen LogP contribution is 2.32. The molecule has 1 aliphatic rings. The first-order valence-electron chi connectivity index (χ1n) is 5.71. The van der Waals surface area contributed by atoms with Gasteiger partial charge < -0.3 is 10.5 Å². The molecule has 1 fully saturated rings. The summed E-state index contributed by atoms with van der Waals surface area (Å²) in [6.45, 7) is 2.81. The van der Waals surface area contributed by atoms with E-state index in [2.05, 4.69) is 19.1 Å². The topological polar surface area (TPSA) is 35.2 Å². The summed E-state index contributed by atoms with van der Waals surface area (Å²) >= 11 is 0. The second kappa shape index (κ2) is 4.67. The Morgan fingerprint density at radius 3 is 2.60 bits per heavy atom. The van der Waals surface area contributed by atoms with Crippen LogP contribution in [0.2, 0.25) is 0 Å². The highest BCUT2D eigenvalue weighted by atomic mass is 16.5. The Morgan fingerprint density at radius 1 is 1.33 bits per heavy atom. The van der Waals surface area contributed by atoms with Crippen LogP contribution in [0.15, 0.2) is 24.3 Å². The number of hydrogen-bond acceptors (Lipinski definition) is 2. The molecule has 0 heterocycles. The van der Waals surface area contributed by atoms with Crippen molar-refractivity contribution in [1.82, 2.24) is 0 Å². The van der Waals surface area contributed by atoms with Gasteiger partial charge in [0, 0.05) is 6.04 Å². The molecular weight excluding hydrogens is 186 g/mol. The fraction of sp³-hybridized carbons (Fsp3) is 0.538. The van der Waals surface area contributed by atoms with Crippen LogP contribution in [0.1, 0.15) is 24.8 Å². The Hall–Kier alpha value is -1.02. The Kier molecular flexibility index (Phi) is 3.27. The lowest BCUT2D eigenvalue weighted by atomic mass is 10.1. The molecule has 1 aromatic carbocycles. The molecule has 1 atom stereocenters. The Bertz CT molecular complexity index is 303. The molecule has 1 saturated carbocycles. The van der Waals surface area contributed by atoms with Crippen molar-refractivity contribution in [2.75, 3.05) is 6.61 Å². The van der Waals surface area contributed by atoms with Crippen molar-refractivity contribution in [1.29, 1.82) is 0 Å². The zero-order valence-electron chi connectivity index (χ0n) is 9.28. The van der Waals surface area contributed by atoms with Gasteiger partial charge in [0.25, 0.3) is 0 Å². The summed E-state index contributed by atoms with van der Waals surface area (Å²) in [5, 5.41) is 0. The van der Waals surface area contributed by atoms with Gasteiger partial charge in [-0.25, -0.2) is 0 Å². The number of hydrogen-bond donors (Lipinski definition) is 1. The van der Waals surface area contributed by atoms with Crippen molar-refractivity contribution in [2.24, 2.45) is 11.7 Å². The molecule has 0 spiro atoms. The van der Waals surface area contributed by atoms with Crippen molar-refractivity contribution in [3.05, 3.63) is 29.8 Å². The molecule has 0 saturated heterocycles. The molecule has 2 rings (SSSR count). The lowest BCUT2D eigenvalue weighted by Gasteiger charge is -2.11. The molecule has 0 aromatic heterocycles. The molecule has 0 aliphatic heterocycles. The first-order valence-corrected chi connectivity index (χ1v) is 5.71. The lowest BCUT2D eigenvalue weighted by molar-refractivity contribution is 0.291. The predicted molar refractivity (Wildman–Crippen MR) is 62.0 cm³/mol. The SMILES string of the molecule is Cc1ccc(OCCC(N)C2CC2)cc1. The second-order valence-electron chi connectivity index (χ2n) is 4.45. The van der Waals surface area contributed by atoms with Gasteiger partial charge in [0.05, 0.1) is 6.61 Å². The monoisotopic (exact) mass is 205 g/mol. The van der Waals surface area contributed by atoms with Crippen molar-refractivity contribution >= 4 is 0 Å². The van der Waals surface area contributed by atoms with Gasteiger partial charge in [0.2, 0.25) is 0 Å². The number of benzene rings is 1. The maximum absolute atomic E-state index is 5.99. The summed E-state index contributed by atoms with van der Waals surface area (Å²) in [4.78, 5) is 0. The molecule has 82 valence electrons. The maximum Gasteiger partial charge on any atom is 0.119 e. The van der Waals surface area contributed by atoms with Gasteiger partial charge in [-0.2, -0.15) is 0 Å². The standard InChI is InChI=1S/C13H19NO/c1-10-2-6-12(7-3-10)15-9-8-13(14)11-4-5-11/h2-3,6-7,11,13H,4-5,8-9,14H2,1H3. The van der Waals surface area contributed by atoms with E-state index in [1.165, 1.54) is 18.4 Å². The van der Waals surface area contributed by atoms with E-state index in [1.807, 2.05) is 12.1 Å². The van der Waals surface area contributed by atoms with Crippen LogP contribution in [0.4, 0.5) is 0 Å². The minimum Gasteiger partial charge on any atom is -0.494 e. The van der Waals surface area contributed by atoms with E-state index < -0.39 is 0 Å². The Morgan fingerprint density at radius 2 is 2.00 bits per heavy atom. The van der Waals surface area contributed by atoms with Crippen LogP contribution in [-0.4, -0.2) is 12.6 Å². The van der Waals surface area contributed by atoms with E-state index in [0.29, 0.717) is 6.04 Å². The molecule has 0 bridgehead atoms. The van der Waals surface area contributed by atoms with Crippen LogP contribution >= 0.6 is 0 Å². The Balaban J connectivity index is 1.70. The first-order chi connectivity index (χ1) is 7.25. The molecule has 0 amide bonds. The number of aryl methyl sites for hydroxylation is 1. The van der Waals surface area contributed by atoms with E-state index in [0.717, 1.165) is 24.7 Å². The summed E-state index contributed by atoms with van der Waals surface area (Å²) in [5.41, 5.74) is 7.25. The highest BCUT2D eigenvalue weighted by molar-refractivity contribution is 5.26. The lowest BCUT2D eigenvalue weighted by Crippen LogP contribution is -2.24. The summed E-state index contributed by atoms with van der Waals surface area (Å²) in [7, 11) is 0. The average molecular weight is 205 g/mol. The zero-order valence-corrected chi connectivity index (χ0v) is 9.28. The summed E-state index contributed by atoms with van der Waals surface area (Å²) in [6.07, 6.45) is 3.59. The number of nitrogens with two attached hydrogens (primary N) is 1. The summed E-state index contributed by atoms with van der Waals surface area (Å²) < 4.78 is 5.63. The van der Waals surface area contributed by atoms with Crippen molar-refractivity contribution in [3.63, 3.8) is 0 Å². The predicted octanol–water partition coefficient (Wildman–Crippen LogP) is 2.50. The quantitative estimate of drug-likeness (QED) is 0.801. The summed E-state index contributed by atoms with van der Waals surface area (Å²) in [6, 6.07) is 8.50. The van der Waals surface area contributed by atoms with Crippen LogP contribution < -0.4 is 10.5 Å². The van der Waals surface area contributed by atoms with Gasteiger partial charge in [-0.15, -0.1) is 0 Å². The molecule has 2 nitrogen and oxygen atoms in total. The molecule has 1 unspecified atom stereocenters. The zero-order chi connectivity index (χ0) is 10.7. The van der Waals surface area contributed by atoms with Crippen LogP contribution in [0.3, 0.4) is 0 Å². The fourth-order valence-electron chi connectivity index (χ4n) is 1.71. The van der Waals surface area contributed by atoms with Gasteiger partial charge >= 0.3 is 0 Å². The summed E-state index contributed by atoms with van der Waals surface area (Å²) in [5.74, 6) is 1.72. The van der Waals surface area contributed by atoms with Gasteiger partial charge in [0.1, 0.15) is 5.75 Å². The van der Waals surface area contributed by atoms with E-state index in [1.54, 1.807) is 0 Å². The van der Waals surface area contributed by atoms with Crippen LogP contribution in [0.25, 0.3) is 0 Å². The van der Waals surface area contributed by atoms with Crippen LogP contribution in [-0.2, 0) is 0 Å². The van der Waals surface area contributed by atoms with E-state index >= 15 is 0 Å². The van der Waals surface area contributed by atoms with Crippen LogP contribution in [0, 0.1) is 12.8 Å². The third-order valence-corrected chi connectivity index (χ3v) is 2.97. The molecular formula is C13H19NO. The smallest absolute Gasteiger partial charge is 0.119 e. The van der Waals surface area contributed by atoms with E-state index in [9.17, 15) is 0 Å². The largest absolute Gasteiger partial charge is 0.494 e. The fourth-order valence-corrected chi connectivity index (χ4v) is 1.71. The molecule has 1 aliphatic carbocycles. The third-order valence-electron chi connectivity index (χ3n) is 2.97. The number of ether oxygens (including phenoxy) is 1. The van der Waals surface area contributed by atoms with E-state index in [-0.39, 0.29) is 0 Å². The van der Waals surface area contributed by atoms with Gasteiger partial charge in [0.15, 0.2) is 0 Å². The van der Waals surface area contributed by atoms with Gasteiger partial charge in [-0.3, -0.25) is 0 Å². The molecule has 15 heavy (non-hydrogen) atoms. The average Bonchev–Trinajstić information content (AvgIpc) is 3.04. The van der Waals surface area contributed by atoms with Crippen molar-refractivity contribution in [2.45, 2.75) is 32.2 Å². The third kappa shape index (κ3) is 3.24.